The molecule has 0 fully saturated rings. The molecule has 1 heterocycles. The van der Waals surface area contributed by atoms with Crippen LogP contribution in [0.3, 0.4) is 0 Å². The largest absolute Gasteiger partial charge is 0.136 e. The van der Waals surface area contributed by atoms with Gasteiger partial charge in [-0.25, -0.2) is 0 Å². The standard InChI is InChI=1S/C13H12Br2S/c1-8-3-4-9(2)11(5-8)13(15)10-6-12(14)16-7-10/h3-7,13H,1-2H3. The van der Waals surface area contributed by atoms with E-state index in [0.29, 0.717) is 0 Å². The second-order valence-electron chi connectivity index (χ2n) is 3.91. The van der Waals surface area contributed by atoms with Crippen LogP contribution in [-0.4, -0.2) is 0 Å². The van der Waals surface area contributed by atoms with E-state index in [1.54, 1.807) is 11.3 Å². The van der Waals surface area contributed by atoms with Crippen molar-refractivity contribution in [3.8, 4) is 0 Å². The van der Waals surface area contributed by atoms with Gasteiger partial charge in [0.25, 0.3) is 0 Å². The maximum Gasteiger partial charge on any atom is 0.0701 e. The molecule has 1 aromatic heterocycles. The molecule has 0 spiro atoms. The van der Waals surface area contributed by atoms with Crippen LogP contribution in [0.2, 0.25) is 0 Å². The van der Waals surface area contributed by atoms with E-state index in [1.165, 1.54) is 26.0 Å². The molecule has 1 unspecified atom stereocenters. The molecule has 84 valence electrons. The number of thiophene rings is 1. The Kier molecular flexibility index (Phi) is 3.88. The molecule has 0 aliphatic carbocycles. The first-order valence-electron chi connectivity index (χ1n) is 5.03. The normalized spacial score (nSPS) is 12.8. The highest BCUT2D eigenvalue weighted by Crippen LogP contribution is 2.36. The maximum absolute atomic E-state index is 3.78. The van der Waals surface area contributed by atoms with Crippen molar-refractivity contribution in [2.24, 2.45) is 0 Å². The van der Waals surface area contributed by atoms with Crippen LogP contribution >= 0.6 is 43.2 Å². The fraction of sp³-hybridized carbons (Fsp3) is 0.231. The number of rotatable bonds is 2. The van der Waals surface area contributed by atoms with Gasteiger partial charge in [-0.05, 0) is 57.9 Å². The Morgan fingerprint density at radius 2 is 1.94 bits per heavy atom. The van der Waals surface area contributed by atoms with Crippen LogP contribution in [0.4, 0.5) is 0 Å². The average molecular weight is 360 g/mol. The lowest BCUT2D eigenvalue weighted by molar-refractivity contribution is 1.14. The molecule has 0 saturated heterocycles. The van der Waals surface area contributed by atoms with Crippen LogP contribution in [0.25, 0.3) is 0 Å². The summed E-state index contributed by atoms with van der Waals surface area (Å²) in [4.78, 5) is 0.287. The number of hydrogen-bond donors (Lipinski definition) is 0. The summed E-state index contributed by atoms with van der Waals surface area (Å²) in [6.07, 6.45) is 0. The predicted octanol–water partition coefficient (Wildman–Crippen LogP) is 5.61. The molecule has 2 rings (SSSR count). The molecule has 0 nitrogen and oxygen atoms in total. The van der Waals surface area contributed by atoms with Crippen LogP contribution in [-0.2, 0) is 0 Å². The van der Waals surface area contributed by atoms with E-state index in [-0.39, 0.29) is 4.83 Å². The highest BCUT2D eigenvalue weighted by Gasteiger charge is 2.14. The number of hydrogen-bond acceptors (Lipinski definition) is 1. The van der Waals surface area contributed by atoms with Crippen LogP contribution in [0.15, 0.2) is 33.4 Å². The van der Waals surface area contributed by atoms with Gasteiger partial charge in [0.2, 0.25) is 0 Å². The first kappa shape index (κ1) is 12.3. The summed E-state index contributed by atoms with van der Waals surface area (Å²) in [6, 6.07) is 8.76. The van der Waals surface area contributed by atoms with E-state index >= 15 is 0 Å². The minimum atomic E-state index is 0.287. The second-order valence-corrected chi connectivity index (χ2v) is 7.11. The zero-order chi connectivity index (χ0) is 11.7. The van der Waals surface area contributed by atoms with Crippen LogP contribution in [0.5, 0.6) is 0 Å². The van der Waals surface area contributed by atoms with E-state index in [4.69, 9.17) is 0 Å². The fourth-order valence-electron chi connectivity index (χ4n) is 1.67. The molecule has 1 atom stereocenters. The molecule has 0 aliphatic rings. The van der Waals surface area contributed by atoms with Gasteiger partial charge in [0.1, 0.15) is 0 Å². The predicted molar refractivity (Wildman–Crippen MR) is 78.7 cm³/mol. The zero-order valence-electron chi connectivity index (χ0n) is 9.13. The molecule has 2 aromatic rings. The van der Waals surface area contributed by atoms with Crippen molar-refractivity contribution >= 4 is 43.2 Å². The third-order valence-corrected chi connectivity index (χ3v) is 5.13. The molecule has 3 heteroatoms. The number of aryl methyl sites for hydroxylation is 2. The molecule has 0 bridgehead atoms. The van der Waals surface area contributed by atoms with Gasteiger partial charge in [-0.1, -0.05) is 39.7 Å². The Morgan fingerprint density at radius 1 is 1.19 bits per heavy atom. The van der Waals surface area contributed by atoms with E-state index in [2.05, 4.69) is 75.4 Å². The average Bonchev–Trinajstić information content (AvgIpc) is 2.67. The Bertz CT molecular complexity index is 502. The summed E-state index contributed by atoms with van der Waals surface area (Å²) in [5, 5.41) is 2.19. The van der Waals surface area contributed by atoms with Gasteiger partial charge >= 0.3 is 0 Å². The van der Waals surface area contributed by atoms with Crippen molar-refractivity contribution < 1.29 is 0 Å². The molecular weight excluding hydrogens is 348 g/mol. The summed E-state index contributed by atoms with van der Waals surface area (Å²) in [5.74, 6) is 0. The third-order valence-electron chi connectivity index (χ3n) is 2.59. The maximum atomic E-state index is 3.78. The van der Waals surface area contributed by atoms with Gasteiger partial charge < -0.3 is 0 Å². The number of halogens is 2. The van der Waals surface area contributed by atoms with Gasteiger partial charge in [-0.2, -0.15) is 0 Å². The van der Waals surface area contributed by atoms with Gasteiger partial charge in [0, 0.05) is 0 Å². The van der Waals surface area contributed by atoms with Gasteiger partial charge in [-0.15, -0.1) is 11.3 Å². The van der Waals surface area contributed by atoms with E-state index in [1.807, 2.05) is 0 Å². The van der Waals surface area contributed by atoms with Gasteiger partial charge in [0.15, 0.2) is 0 Å². The van der Waals surface area contributed by atoms with Crippen molar-refractivity contribution in [3.63, 3.8) is 0 Å². The Hall–Kier alpha value is -0.120. The number of alkyl halides is 1. The quantitative estimate of drug-likeness (QED) is 0.611. The van der Waals surface area contributed by atoms with Crippen molar-refractivity contribution in [3.05, 3.63) is 55.7 Å². The van der Waals surface area contributed by atoms with E-state index < -0.39 is 0 Å². The molecule has 0 amide bonds. The zero-order valence-corrected chi connectivity index (χ0v) is 13.1. The molecule has 0 radical (unpaired) electrons. The Balaban J connectivity index is 2.40. The Labute approximate surface area is 117 Å². The van der Waals surface area contributed by atoms with Gasteiger partial charge in [0.05, 0.1) is 8.61 Å². The van der Waals surface area contributed by atoms with Crippen LogP contribution in [0, 0.1) is 13.8 Å². The van der Waals surface area contributed by atoms with Crippen molar-refractivity contribution in [1.82, 2.24) is 0 Å². The topological polar surface area (TPSA) is 0 Å². The lowest BCUT2D eigenvalue weighted by Gasteiger charge is -2.12. The van der Waals surface area contributed by atoms with Crippen molar-refractivity contribution in [1.29, 1.82) is 0 Å². The smallest absolute Gasteiger partial charge is 0.0701 e. The van der Waals surface area contributed by atoms with Crippen molar-refractivity contribution in [2.75, 3.05) is 0 Å². The minimum absolute atomic E-state index is 0.287. The summed E-state index contributed by atoms with van der Waals surface area (Å²) >= 11 is 9.01. The van der Waals surface area contributed by atoms with E-state index in [9.17, 15) is 0 Å². The highest BCUT2D eigenvalue weighted by atomic mass is 79.9. The minimum Gasteiger partial charge on any atom is -0.136 e. The second kappa shape index (κ2) is 5.03. The molecule has 0 N–H and O–H groups in total. The lowest BCUT2D eigenvalue weighted by atomic mass is 10.0. The first-order valence-corrected chi connectivity index (χ1v) is 7.62. The highest BCUT2D eigenvalue weighted by molar-refractivity contribution is 9.11. The molecule has 1 aromatic carbocycles. The van der Waals surface area contributed by atoms with Crippen LogP contribution < -0.4 is 0 Å². The molecular formula is C13H12Br2S. The summed E-state index contributed by atoms with van der Waals surface area (Å²) in [6.45, 7) is 4.29. The fourth-order valence-corrected chi connectivity index (χ4v) is 3.80. The summed E-state index contributed by atoms with van der Waals surface area (Å²) < 4.78 is 1.18. The van der Waals surface area contributed by atoms with E-state index in [0.717, 1.165) is 0 Å². The van der Waals surface area contributed by atoms with Crippen molar-refractivity contribution in [2.45, 2.75) is 18.7 Å². The molecule has 0 aliphatic heterocycles. The SMILES string of the molecule is Cc1ccc(C)c(C(Br)c2csc(Br)c2)c1. The molecule has 16 heavy (non-hydrogen) atoms. The summed E-state index contributed by atoms with van der Waals surface area (Å²) in [7, 11) is 0. The monoisotopic (exact) mass is 358 g/mol. The van der Waals surface area contributed by atoms with Crippen LogP contribution in [0.1, 0.15) is 27.1 Å². The molecule has 0 saturated carbocycles. The summed E-state index contributed by atoms with van der Waals surface area (Å²) in [5.41, 5.74) is 5.30. The Morgan fingerprint density at radius 3 is 2.56 bits per heavy atom. The third kappa shape index (κ3) is 2.58. The first-order chi connectivity index (χ1) is 7.58. The van der Waals surface area contributed by atoms with Gasteiger partial charge in [-0.3, -0.25) is 0 Å². The lowest BCUT2D eigenvalue weighted by Crippen LogP contribution is -1.94. The number of benzene rings is 1.